The van der Waals surface area contributed by atoms with Gasteiger partial charge >= 0.3 is 0 Å². The second-order valence-corrected chi connectivity index (χ2v) is 4.50. The fraction of sp³-hybridized carbons (Fsp3) is 0.429. The normalized spacial score (nSPS) is 24.3. The van der Waals surface area contributed by atoms with Crippen LogP contribution in [0, 0.1) is 12.3 Å². The number of hydrogen-bond acceptors (Lipinski definition) is 1. The molecule has 0 saturated carbocycles. The molecule has 1 heteroatoms. The SMILES string of the molecule is C#Cc1ccc2c(c1)C(N1CCC1)CC2. The van der Waals surface area contributed by atoms with Gasteiger partial charge in [0.1, 0.15) is 0 Å². The van der Waals surface area contributed by atoms with Crippen LogP contribution in [0.1, 0.15) is 35.6 Å². The molecule has 0 aromatic heterocycles. The van der Waals surface area contributed by atoms with Crippen molar-refractivity contribution >= 4 is 0 Å². The minimum absolute atomic E-state index is 0.655. The average molecular weight is 197 g/mol. The third-order valence-electron chi connectivity index (χ3n) is 3.69. The van der Waals surface area contributed by atoms with Crippen LogP contribution in [0.25, 0.3) is 0 Å². The molecule has 0 N–H and O–H groups in total. The standard InChI is InChI=1S/C14H15N/c1-2-11-4-5-12-6-7-14(13(12)10-11)15-8-3-9-15/h1,4-5,10,14H,3,6-9H2. The molecule has 1 aliphatic heterocycles. The molecule has 1 saturated heterocycles. The van der Waals surface area contributed by atoms with Crippen LogP contribution in [-0.2, 0) is 6.42 Å². The molecular formula is C14H15N. The summed E-state index contributed by atoms with van der Waals surface area (Å²) in [6.07, 6.45) is 9.31. The lowest BCUT2D eigenvalue weighted by molar-refractivity contribution is 0.118. The first-order valence-electron chi connectivity index (χ1n) is 5.72. The highest BCUT2D eigenvalue weighted by Crippen LogP contribution is 2.38. The number of hydrogen-bond donors (Lipinski definition) is 0. The Morgan fingerprint density at radius 1 is 1.33 bits per heavy atom. The maximum atomic E-state index is 5.45. The quantitative estimate of drug-likeness (QED) is 0.625. The molecule has 0 spiro atoms. The Bertz CT molecular complexity index is 423. The minimum Gasteiger partial charge on any atom is -0.296 e. The third-order valence-corrected chi connectivity index (χ3v) is 3.69. The molecule has 1 atom stereocenters. The predicted octanol–water partition coefficient (Wildman–Crippen LogP) is 2.36. The molecule has 1 heterocycles. The lowest BCUT2D eigenvalue weighted by Crippen LogP contribution is -2.39. The van der Waals surface area contributed by atoms with Crippen LogP contribution in [0.5, 0.6) is 0 Å². The van der Waals surface area contributed by atoms with Crippen molar-refractivity contribution in [1.82, 2.24) is 4.90 Å². The van der Waals surface area contributed by atoms with E-state index in [0.717, 1.165) is 5.56 Å². The van der Waals surface area contributed by atoms with E-state index in [9.17, 15) is 0 Å². The lowest BCUT2D eigenvalue weighted by atomic mass is 10.0. The van der Waals surface area contributed by atoms with Crippen molar-refractivity contribution in [2.24, 2.45) is 0 Å². The van der Waals surface area contributed by atoms with Crippen molar-refractivity contribution in [2.45, 2.75) is 25.3 Å². The van der Waals surface area contributed by atoms with Crippen molar-refractivity contribution in [3.05, 3.63) is 34.9 Å². The van der Waals surface area contributed by atoms with E-state index in [0.29, 0.717) is 6.04 Å². The minimum atomic E-state index is 0.655. The van der Waals surface area contributed by atoms with E-state index in [1.165, 1.54) is 43.5 Å². The first-order valence-corrected chi connectivity index (χ1v) is 5.72. The molecule has 0 radical (unpaired) electrons. The largest absolute Gasteiger partial charge is 0.296 e. The molecular weight excluding hydrogens is 182 g/mol. The van der Waals surface area contributed by atoms with Crippen molar-refractivity contribution < 1.29 is 0 Å². The summed E-state index contributed by atoms with van der Waals surface area (Å²) in [4.78, 5) is 2.58. The second-order valence-electron chi connectivity index (χ2n) is 4.50. The Morgan fingerprint density at radius 3 is 2.87 bits per heavy atom. The van der Waals surface area contributed by atoms with Crippen LogP contribution in [0.3, 0.4) is 0 Å². The van der Waals surface area contributed by atoms with Crippen LogP contribution in [0.4, 0.5) is 0 Å². The molecule has 0 amide bonds. The van der Waals surface area contributed by atoms with Gasteiger partial charge in [-0.25, -0.2) is 0 Å². The maximum absolute atomic E-state index is 5.45. The number of terminal acetylenes is 1. The third kappa shape index (κ3) is 1.37. The van der Waals surface area contributed by atoms with Gasteiger partial charge in [0.25, 0.3) is 0 Å². The lowest BCUT2D eigenvalue weighted by Gasteiger charge is -2.36. The van der Waals surface area contributed by atoms with E-state index in [1.54, 1.807) is 0 Å². The average Bonchev–Trinajstić information content (AvgIpc) is 2.59. The molecule has 1 aromatic rings. The molecule has 15 heavy (non-hydrogen) atoms. The second kappa shape index (κ2) is 3.40. The highest BCUT2D eigenvalue weighted by Gasteiger charge is 2.30. The Morgan fingerprint density at radius 2 is 2.20 bits per heavy atom. The molecule has 76 valence electrons. The summed E-state index contributed by atoms with van der Waals surface area (Å²) < 4.78 is 0. The van der Waals surface area contributed by atoms with Gasteiger partial charge < -0.3 is 0 Å². The summed E-state index contributed by atoms with van der Waals surface area (Å²) >= 11 is 0. The summed E-state index contributed by atoms with van der Waals surface area (Å²) in [6, 6.07) is 7.15. The van der Waals surface area contributed by atoms with Gasteiger partial charge in [-0.15, -0.1) is 6.42 Å². The highest BCUT2D eigenvalue weighted by atomic mass is 15.2. The Kier molecular flexibility index (Phi) is 2.04. The van der Waals surface area contributed by atoms with Gasteiger partial charge in [0.15, 0.2) is 0 Å². The maximum Gasteiger partial charge on any atom is 0.0354 e. The summed E-state index contributed by atoms with van der Waals surface area (Å²) in [6.45, 7) is 2.54. The first-order chi connectivity index (χ1) is 7.38. The fourth-order valence-corrected chi connectivity index (χ4v) is 2.70. The van der Waals surface area contributed by atoms with Crippen molar-refractivity contribution in [2.75, 3.05) is 13.1 Å². The van der Waals surface area contributed by atoms with Gasteiger partial charge in [-0.3, -0.25) is 4.90 Å². The van der Waals surface area contributed by atoms with Crippen LogP contribution in [0.2, 0.25) is 0 Å². The molecule has 1 unspecified atom stereocenters. The Labute approximate surface area is 91.1 Å². The fourth-order valence-electron chi connectivity index (χ4n) is 2.70. The van der Waals surface area contributed by atoms with Crippen molar-refractivity contribution in [1.29, 1.82) is 0 Å². The number of rotatable bonds is 1. The molecule has 3 rings (SSSR count). The van der Waals surface area contributed by atoms with Gasteiger partial charge in [0, 0.05) is 11.6 Å². The molecule has 0 bridgehead atoms. The molecule has 1 fully saturated rings. The molecule has 1 nitrogen and oxygen atoms in total. The summed E-state index contributed by atoms with van der Waals surface area (Å²) in [5.74, 6) is 2.73. The topological polar surface area (TPSA) is 3.24 Å². The van der Waals surface area contributed by atoms with Gasteiger partial charge in [0.2, 0.25) is 0 Å². The Balaban J connectivity index is 1.97. The monoisotopic (exact) mass is 197 g/mol. The number of benzene rings is 1. The number of fused-ring (bicyclic) bond motifs is 1. The number of nitrogens with zero attached hydrogens (tertiary/aromatic N) is 1. The number of likely N-dealkylation sites (tertiary alicyclic amines) is 1. The van der Waals surface area contributed by atoms with Gasteiger partial charge in [0.05, 0.1) is 0 Å². The zero-order valence-corrected chi connectivity index (χ0v) is 8.87. The van der Waals surface area contributed by atoms with Crippen LogP contribution < -0.4 is 0 Å². The van der Waals surface area contributed by atoms with E-state index in [1.807, 2.05) is 0 Å². The Hall–Kier alpha value is -1.26. The summed E-state index contributed by atoms with van der Waals surface area (Å²) in [7, 11) is 0. The van der Waals surface area contributed by atoms with E-state index in [4.69, 9.17) is 6.42 Å². The predicted molar refractivity (Wildman–Crippen MR) is 61.6 cm³/mol. The van der Waals surface area contributed by atoms with Crippen molar-refractivity contribution in [3.63, 3.8) is 0 Å². The van der Waals surface area contributed by atoms with E-state index in [2.05, 4.69) is 29.0 Å². The van der Waals surface area contributed by atoms with Gasteiger partial charge in [-0.2, -0.15) is 0 Å². The van der Waals surface area contributed by atoms with Crippen LogP contribution >= 0.6 is 0 Å². The first kappa shape index (κ1) is 9.00. The smallest absolute Gasteiger partial charge is 0.0354 e. The molecule has 1 aromatic carbocycles. The molecule has 2 aliphatic rings. The molecule has 1 aliphatic carbocycles. The highest BCUT2D eigenvalue weighted by molar-refractivity contribution is 5.43. The van der Waals surface area contributed by atoms with Crippen LogP contribution in [-0.4, -0.2) is 18.0 Å². The zero-order chi connectivity index (χ0) is 10.3. The zero-order valence-electron chi connectivity index (χ0n) is 8.87. The van der Waals surface area contributed by atoms with Crippen LogP contribution in [0.15, 0.2) is 18.2 Å². The van der Waals surface area contributed by atoms with E-state index >= 15 is 0 Å². The van der Waals surface area contributed by atoms with E-state index in [-0.39, 0.29) is 0 Å². The van der Waals surface area contributed by atoms with Gasteiger partial charge in [-0.05, 0) is 55.6 Å². The summed E-state index contributed by atoms with van der Waals surface area (Å²) in [5, 5.41) is 0. The van der Waals surface area contributed by atoms with E-state index < -0.39 is 0 Å². The van der Waals surface area contributed by atoms with Gasteiger partial charge in [-0.1, -0.05) is 12.0 Å². The number of aryl methyl sites for hydroxylation is 1. The van der Waals surface area contributed by atoms with Crippen molar-refractivity contribution in [3.8, 4) is 12.3 Å². The summed E-state index contributed by atoms with van der Waals surface area (Å²) in [5.41, 5.74) is 4.03.